The van der Waals surface area contributed by atoms with E-state index in [-0.39, 0.29) is 18.2 Å². The van der Waals surface area contributed by atoms with E-state index in [1.165, 1.54) is 0 Å². The number of anilines is 1. The van der Waals surface area contributed by atoms with Crippen LogP contribution in [-0.4, -0.2) is 38.1 Å². The van der Waals surface area contributed by atoms with Crippen LogP contribution >= 0.6 is 11.6 Å². The predicted molar refractivity (Wildman–Crippen MR) is 130 cm³/mol. The second kappa shape index (κ2) is 9.57. The number of carbonyl (C=O) groups excluding carboxylic acids is 1. The molecule has 0 atom stereocenters. The van der Waals surface area contributed by atoms with Gasteiger partial charge in [0, 0.05) is 35.4 Å². The molecule has 1 aromatic carbocycles. The van der Waals surface area contributed by atoms with Crippen LogP contribution in [-0.2, 0) is 11.3 Å². The Bertz CT molecular complexity index is 1110. The standard InChI is InChI=1S/C24H31ClN6O2/c1-24(2,3)33-23(32)29-18-10-8-17(9-11-18)28-21-22-30-20(15-4-6-16(25)7-5-15)14-31(22)19(12-26)13-27-21/h4-7,13-14,17-18H,8-12,26H2,1-3H3,(H,27,28)(H,29,32). The van der Waals surface area contributed by atoms with Crippen LogP contribution in [0.15, 0.2) is 36.7 Å². The third kappa shape index (κ3) is 5.75. The summed E-state index contributed by atoms with van der Waals surface area (Å²) >= 11 is 6.03. The van der Waals surface area contributed by atoms with Crippen molar-refractivity contribution in [1.82, 2.24) is 19.7 Å². The average molecular weight is 471 g/mol. The van der Waals surface area contributed by atoms with Gasteiger partial charge in [-0.25, -0.2) is 14.8 Å². The summed E-state index contributed by atoms with van der Waals surface area (Å²) in [6.07, 6.45) is 6.99. The number of ether oxygens (including phenoxy) is 1. The molecule has 0 spiro atoms. The molecule has 8 nitrogen and oxygen atoms in total. The van der Waals surface area contributed by atoms with Gasteiger partial charge in [0.2, 0.25) is 0 Å². The fraction of sp³-hybridized carbons (Fsp3) is 0.458. The number of benzene rings is 1. The molecule has 0 bridgehead atoms. The van der Waals surface area contributed by atoms with Gasteiger partial charge in [-0.15, -0.1) is 0 Å². The Morgan fingerprint density at radius 1 is 1.18 bits per heavy atom. The second-order valence-corrected chi connectivity index (χ2v) is 9.90. The largest absolute Gasteiger partial charge is 0.444 e. The average Bonchev–Trinajstić information content (AvgIpc) is 3.20. The lowest BCUT2D eigenvalue weighted by Crippen LogP contribution is -2.42. The number of rotatable bonds is 5. The molecule has 0 aliphatic heterocycles. The molecule has 0 saturated heterocycles. The van der Waals surface area contributed by atoms with Gasteiger partial charge in [-0.3, -0.25) is 4.40 Å². The number of fused-ring (bicyclic) bond motifs is 1. The molecule has 2 heterocycles. The van der Waals surface area contributed by atoms with E-state index in [9.17, 15) is 4.79 Å². The van der Waals surface area contributed by atoms with Crippen molar-refractivity contribution in [3.8, 4) is 11.3 Å². The number of nitrogens with one attached hydrogen (secondary N) is 2. The summed E-state index contributed by atoms with van der Waals surface area (Å²) in [6, 6.07) is 7.97. The minimum atomic E-state index is -0.495. The van der Waals surface area contributed by atoms with E-state index in [0.717, 1.165) is 54.1 Å². The number of alkyl carbamates (subject to hydrolysis) is 1. The van der Waals surface area contributed by atoms with Crippen LogP contribution in [0.1, 0.15) is 52.1 Å². The van der Waals surface area contributed by atoms with Gasteiger partial charge in [-0.1, -0.05) is 23.7 Å². The van der Waals surface area contributed by atoms with E-state index in [1.54, 1.807) is 6.20 Å². The summed E-state index contributed by atoms with van der Waals surface area (Å²) in [6.45, 7) is 5.96. The van der Waals surface area contributed by atoms with Gasteiger partial charge in [-0.05, 0) is 58.6 Å². The van der Waals surface area contributed by atoms with Gasteiger partial charge >= 0.3 is 6.09 Å². The monoisotopic (exact) mass is 470 g/mol. The predicted octanol–water partition coefficient (Wildman–Crippen LogP) is 4.76. The number of aromatic nitrogens is 3. The first-order valence-electron chi connectivity index (χ1n) is 11.3. The highest BCUT2D eigenvalue weighted by molar-refractivity contribution is 6.30. The molecule has 0 unspecified atom stereocenters. The van der Waals surface area contributed by atoms with Gasteiger partial charge < -0.3 is 21.1 Å². The number of nitrogens with zero attached hydrogens (tertiary/aromatic N) is 3. The van der Waals surface area contributed by atoms with Gasteiger partial charge in [0.25, 0.3) is 0 Å². The van der Waals surface area contributed by atoms with Crippen LogP contribution in [0.5, 0.6) is 0 Å². The topological polar surface area (TPSA) is 107 Å². The molecule has 1 aliphatic carbocycles. The molecule has 9 heteroatoms. The minimum Gasteiger partial charge on any atom is -0.444 e. The van der Waals surface area contributed by atoms with Gasteiger partial charge in [0.05, 0.1) is 17.6 Å². The molecule has 1 aliphatic rings. The maximum Gasteiger partial charge on any atom is 0.407 e. The molecular weight excluding hydrogens is 440 g/mol. The van der Waals surface area contributed by atoms with Crippen molar-refractivity contribution in [2.24, 2.45) is 5.73 Å². The summed E-state index contributed by atoms with van der Waals surface area (Å²) in [4.78, 5) is 21.5. The first-order valence-corrected chi connectivity index (χ1v) is 11.7. The van der Waals surface area contributed by atoms with Crippen LogP contribution in [0.25, 0.3) is 16.9 Å². The molecule has 176 valence electrons. The zero-order chi connectivity index (χ0) is 23.6. The number of halogens is 1. The molecule has 4 N–H and O–H groups in total. The van der Waals surface area contributed by atoms with Crippen LogP contribution in [0.2, 0.25) is 5.02 Å². The Morgan fingerprint density at radius 3 is 2.48 bits per heavy atom. The first-order chi connectivity index (χ1) is 15.7. The molecule has 3 aromatic rings. The number of hydrogen-bond acceptors (Lipinski definition) is 6. The van der Waals surface area contributed by atoms with Gasteiger partial charge in [0.15, 0.2) is 11.5 Å². The maximum absolute atomic E-state index is 12.1. The van der Waals surface area contributed by atoms with Crippen LogP contribution in [0, 0.1) is 0 Å². The fourth-order valence-corrected chi connectivity index (χ4v) is 4.21. The lowest BCUT2D eigenvalue weighted by Gasteiger charge is -2.30. The lowest BCUT2D eigenvalue weighted by molar-refractivity contribution is 0.0492. The van der Waals surface area contributed by atoms with Crippen molar-refractivity contribution in [3.63, 3.8) is 0 Å². The summed E-state index contributed by atoms with van der Waals surface area (Å²) in [7, 11) is 0. The highest BCUT2D eigenvalue weighted by atomic mass is 35.5. The number of nitrogens with two attached hydrogens (primary N) is 1. The van der Waals surface area contributed by atoms with Gasteiger partial charge in [0.1, 0.15) is 5.60 Å². The van der Waals surface area contributed by atoms with E-state index in [4.69, 9.17) is 27.1 Å². The Hall–Kier alpha value is -2.84. The Morgan fingerprint density at radius 2 is 1.85 bits per heavy atom. The van der Waals surface area contributed by atoms with Crippen LogP contribution in [0.3, 0.4) is 0 Å². The maximum atomic E-state index is 12.1. The number of hydrogen-bond donors (Lipinski definition) is 3. The molecule has 0 radical (unpaired) electrons. The Kier molecular flexibility index (Phi) is 6.76. The van der Waals surface area contributed by atoms with Crippen LogP contribution in [0.4, 0.5) is 10.6 Å². The summed E-state index contributed by atoms with van der Waals surface area (Å²) in [5.74, 6) is 0.732. The van der Waals surface area contributed by atoms with Gasteiger partial charge in [-0.2, -0.15) is 0 Å². The van der Waals surface area contributed by atoms with E-state index < -0.39 is 5.60 Å². The second-order valence-electron chi connectivity index (χ2n) is 9.47. The molecule has 2 aromatic heterocycles. The number of carbonyl (C=O) groups is 1. The quantitative estimate of drug-likeness (QED) is 0.496. The van der Waals surface area contributed by atoms with Crippen molar-refractivity contribution in [3.05, 3.63) is 47.4 Å². The number of imidazole rings is 1. The summed E-state index contributed by atoms with van der Waals surface area (Å²) in [5.41, 5.74) is 8.89. The highest BCUT2D eigenvalue weighted by Gasteiger charge is 2.25. The van der Waals surface area contributed by atoms with Crippen molar-refractivity contribution < 1.29 is 9.53 Å². The first kappa shape index (κ1) is 23.3. The third-order valence-corrected chi connectivity index (χ3v) is 5.96. The van der Waals surface area contributed by atoms with E-state index in [0.29, 0.717) is 11.6 Å². The zero-order valence-electron chi connectivity index (χ0n) is 19.3. The SMILES string of the molecule is CC(C)(C)OC(=O)NC1CCC(Nc2ncc(CN)n3cc(-c4ccc(Cl)cc4)nc23)CC1. The van der Waals surface area contributed by atoms with Crippen molar-refractivity contribution in [1.29, 1.82) is 0 Å². The minimum absolute atomic E-state index is 0.119. The Balaban J connectivity index is 1.46. The molecule has 1 fully saturated rings. The zero-order valence-corrected chi connectivity index (χ0v) is 20.0. The van der Waals surface area contributed by atoms with E-state index in [2.05, 4.69) is 15.6 Å². The molecular formula is C24H31ClN6O2. The van der Waals surface area contributed by atoms with Crippen LogP contribution < -0.4 is 16.4 Å². The summed E-state index contributed by atoms with van der Waals surface area (Å²) in [5, 5.41) is 7.23. The molecule has 4 rings (SSSR count). The Labute approximate surface area is 198 Å². The number of amides is 1. The van der Waals surface area contributed by atoms with E-state index in [1.807, 2.05) is 55.6 Å². The van der Waals surface area contributed by atoms with E-state index >= 15 is 0 Å². The lowest BCUT2D eigenvalue weighted by atomic mass is 9.91. The molecule has 33 heavy (non-hydrogen) atoms. The summed E-state index contributed by atoms with van der Waals surface area (Å²) < 4.78 is 7.37. The van der Waals surface area contributed by atoms with Crippen molar-refractivity contribution in [2.45, 2.75) is 70.7 Å². The highest BCUT2D eigenvalue weighted by Crippen LogP contribution is 2.27. The third-order valence-electron chi connectivity index (χ3n) is 5.71. The molecule has 1 amide bonds. The molecule has 1 saturated carbocycles. The smallest absolute Gasteiger partial charge is 0.407 e. The van der Waals surface area contributed by atoms with Crippen molar-refractivity contribution >= 4 is 29.2 Å². The normalized spacial score (nSPS) is 18.8. The fourth-order valence-electron chi connectivity index (χ4n) is 4.09. The van der Waals surface area contributed by atoms with Crippen molar-refractivity contribution in [2.75, 3.05) is 5.32 Å².